The maximum absolute atomic E-state index is 11.0. The molecule has 0 unspecified atom stereocenters. The molecular formula is C26H18O2. The van der Waals surface area contributed by atoms with Crippen molar-refractivity contribution < 1.29 is 9.59 Å². The normalized spacial score (nSPS) is 10.4. The molecule has 4 rings (SSSR count). The first-order valence-corrected chi connectivity index (χ1v) is 9.10. The summed E-state index contributed by atoms with van der Waals surface area (Å²) in [6.45, 7) is 0. The van der Waals surface area contributed by atoms with Gasteiger partial charge in [-0.3, -0.25) is 9.59 Å². The van der Waals surface area contributed by atoms with Crippen molar-refractivity contribution in [1.29, 1.82) is 0 Å². The number of carbonyl (C=O) groups is 2. The minimum absolute atomic E-state index is 0.664. The summed E-state index contributed by atoms with van der Waals surface area (Å²) in [5.41, 5.74) is 7.91. The number of rotatable bonds is 5. The van der Waals surface area contributed by atoms with E-state index in [1.54, 1.807) is 0 Å². The molecule has 0 N–H and O–H groups in total. The molecule has 0 aliphatic carbocycles. The summed E-state index contributed by atoms with van der Waals surface area (Å²) in [5.74, 6) is 0. The van der Waals surface area contributed by atoms with Crippen LogP contribution in [0.15, 0.2) is 97.1 Å². The van der Waals surface area contributed by atoms with E-state index in [4.69, 9.17) is 0 Å². The Labute approximate surface area is 164 Å². The van der Waals surface area contributed by atoms with Crippen LogP contribution in [0.25, 0.3) is 33.4 Å². The van der Waals surface area contributed by atoms with Gasteiger partial charge < -0.3 is 0 Å². The number of hydrogen-bond acceptors (Lipinski definition) is 2. The van der Waals surface area contributed by atoms with Crippen LogP contribution in [0.5, 0.6) is 0 Å². The molecule has 0 bridgehead atoms. The van der Waals surface area contributed by atoms with Gasteiger partial charge in [0, 0.05) is 11.1 Å². The Morgan fingerprint density at radius 3 is 1.04 bits per heavy atom. The summed E-state index contributed by atoms with van der Waals surface area (Å²) >= 11 is 0. The molecule has 4 aromatic rings. The molecule has 134 valence electrons. The maximum Gasteiger partial charge on any atom is 0.150 e. The number of hydrogen-bond donors (Lipinski definition) is 0. The fourth-order valence-corrected chi connectivity index (χ4v) is 3.42. The summed E-state index contributed by atoms with van der Waals surface area (Å²) in [6.07, 6.45) is 1.71. The largest absolute Gasteiger partial charge is 0.298 e. The smallest absolute Gasteiger partial charge is 0.150 e. The van der Waals surface area contributed by atoms with E-state index in [1.807, 2.05) is 72.8 Å². The zero-order valence-electron chi connectivity index (χ0n) is 15.2. The molecule has 0 aliphatic rings. The monoisotopic (exact) mass is 362 g/mol. The van der Waals surface area contributed by atoms with Crippen molar-refractivity contribution in [3.8, 4) is 33.4 Å². The second-order valence-corrected chi connectivity index (χ2v) is 6.57. The van der Waals surface area contributed by atoms with Gasteiger partial charge in [-0.25, -0.2) is 0 Å². The third-order valence-electron chi connectivity index (χ3n) is 4.86. The fraction of sp³-hybridized carbons (Fsp3) is 0. The minimum atomic E-state index is 0.664. The van der Waals surface area contributed by atoms with E-state index in [-0.39, 0.29) is 0 Å². The molecule has 0 saturated heterocycles. The van der Waals surface area contributed by atoms with E-state index in [2.05, 4.69) is 24.3 Å². The van der Waals surface area contributed by atoms with Crippen molar-refractivity contribution in [3.05, 3.63) is 108 Å². The van der Waals surface area contributed by atoms with Gasteiger partial charge in [0.15, 0.2) is 0 Å². The zero-order valence-corrected chi connectivity index (χ0v) is 15.2. The summed E-state index contributed by atoms with van der Waals surface area (Å²) in [7, 11) is 0. The van der Waals surface area contributed by atoms with Gasteiger partial charge in [0.25, 0.3) is 0 Å². The molecule has 0 atom stereocenters. The Hall–Kier alpha value is -3.78. The van der Waals surface area contributed by atoms with Crippen LogP contribution >= 0.6 is 0 Å². The van der Waals surface area contributed by atoms with E-state index in [1.165, 1.54) is 0 Å². The van der Waals surface area contributed by atoms with E-state index >= 15 is 0 Å². The molecule has 0 fully saturated rings. The summed E-state index contributed by atoms with van der Waals surface area (Å²) in [6, 6.07) is 31.8. The van der Waals surface area contributed by atoms with Crippen molar-refractivity contribution in [3.63, 3.8) is 0 Å². The lowest BCUT2D eigenvalue weighted by atomic mass is 9.89. The first kappa shape index (κ1) is 17.6. The third kappa shape index (κ3) is 3.40. The number of carbonyl (C=O) groups excluding carboxylic acids is 2. The Balaban J connectivity index is 1.86. The average molecular weight is 362 g/mol. The van der Waals surface area contributed by atoms with Crippen LogP contribution in [0.4, 0.5) is 0 Å². The Morgan fingerprint density at radius 2 is 0.714 bits per heavy atom. The fourth-order valence-electron chi connectivity index (χ4n) is 3.42. The Kier molecular flexibility index (Phi) is 4.94. The van der Waals surface area contributed by atoms with Crippen LogP contribution in [0.2, 0.25) is 0 Å². The van der Waals surface area contributed by atoms with Crippen molar-refractivity contribution in [2.75, 3.05) is 0 Å². The molecule has 0 saturated carbocycles. The Morgan fingerprint density at radius 1 is 0.393 bits per heavy atom. The first-order valence-electron chi connectivity index (χ1n) is 9.10. The molecule has 0 aromatic heterocycles. The van der Waals surface area contributed by atoms with Gasteiger partial charge in [-0.1, -0.05) is 97.1 Å². The van der Waals surface area contributed by atoms with Crippen molar-refractivity contribution in [2.24, 2.45) is 0 Å². The molecule has 28 heavy (non-hydrogen) atoms. The third-order valence-corrected chi connectivity index (χ3v) is 4.86. The van der Waals surface area contributed by atoms with Crippen LogP contribution in [0.1, 0.15) is 20.7 Å². The predicted octanol–water partition coefficient (Wildman–Crippen LogP) is 6.31. The highest BCUT2D eigenvalue weighted by Gasteiger charge is 2.12. The molecular weight excluding hydrogens is 344 g/mol. The molecule has 4 aromatic carbocycles. The lowest BCUT2D eigenvalue weighted by Crippen LogP contribution is -1.90. The van der Waals surface area contributed by atoms with Gasteiger partial charge in [0.1, 0.15) is 12.6 Å². The highest BCUT2D eigenvalue weighted by atomic mass is 16.1. The highest BCUT2D eigenvalue weighted by molar-refractivity contribution is 5.92. The number of aldehydes is 2. The van der Waals surface area contributed by atoms with Gasteiger partial charge in [-0.2, -0.15) is 0 Å². The van der Waals surface area contributed by atoms with Crippen molar-refractivity contribution >= 4 is 12.6 Å². The standard InChI is InChI=1S/C26H18O2/c27-17-19-9-13-21(14-10-19)23-5-1-3-7-25(23)26-8-4-2-6-24(26)22-15-11-20(18-28)12-16-22/h1-18H. The molecule has 0 radical (unpaired) electrons. The van der Waals surface area contributed by atoms with E-state index in [0.717, 1.165) is 46.0 Å². The lowest BCUT2D eigenvalue weighted by Gasteiger charge is -2.15. The van der Waals surface area contributed by atoms with Gasteiger partial charge in [0.05, 0.1) is 0 Å². The predicted molar refractivity (Wildman–Crippen MR) is 114 cm³/mol. The summed E-state index contributed by atoms with van der Waals surface area (Å²) in [4.78, 5) is 21.9. The van der Waals surface area contributed by atoms with E-state index in [0.29, 0.717) is 11.1 Å². The van der Waals surface area contributed by atoms with Crippen LogP contribution < -0.4 is 0 Å². The number of benzene rings is 4. The SMILES string of the molecule is O=Cc1ccc(-c2ccccc2-c2ccccc2-c2ccc(C=O)cc2)cc1. The van der Waals surface area contributed by atoms with Gasteiger partial charge in [-0.15, -0.1) is 0 Å². The first-order chi connectivity index (χ1) is 13.8. The molecule has 0 heterocycles. The van der Waals surface area contributed by atoms with Gasteiger partial charge in [0.2, 0.25) is 0 Å². The highest BCUT2D eigenvalue weighted by Crippen LogP contribution is 2.38. The van der Waals surface area contributed by atoms with Gasteiger partial charge >= 0.3 is 0 Å². The topological polar surface area (TPSA) is 34.1 Å². The summed E-state index contributed by atoms with van der Waals surface area (Å²) in [5, 5.41) is 0. The van der Waals surface area contributed by atoms with E-state index < -0.39 is 0 Å². The second-order valence-electron chi connectivity index (χ2n) is 6.57. The average Bonchev–Trinajstić information content (AvgIpc) is 2.79. The van der Waals surface area contributed by atoms with Gasteiger partial charge in [-0.05, 0) is 33.4 Å². The molecule has 0 spiro atoms. The second kappa shape index (κ2) is 7.85. The van der Waals surface area contributed by atoms with Crippen LogP contribution in [-0.4, -0.2) is 12.6 Å². The van der Waals surface area contributed by atoms with Crippen LogP contribution in [0.3, 0.4) is 0 Å². The van der Waals surface area contributed by atoms with Crippen molar-refractivity contribution in [1.82, 2.24) is 0 Å². The molecule has 2 nitrogen and oxygen atoms in total. The van der Waals surface area contributed by atoms with Crippen LogP contribution in [0, 0.1) is 0 Å². The molecule has 2 heteroatoms. The minimum Gasteiger partial charge on any atom is -0.298 e. The molecule has 0 aliphatic heterocycles. The van der Waals surface area contributed by atoms with E-state index in [9.17, 15) is 9.59 Å². The Bertz CT molecular complexity index is 1030. The molecule has 0 amide bonds. The zero-order chi connectivity index (χ0) is 19.3. The summed E-state index contributed by atoms with van der Waals surface area (Å²) < 4.78 is 0. The van der Waals surface area contributed by atoms with Crippen LogP contribution in [-0.2, 0) is 0 Å². The lowest BCUT2D eigenvalue weighted by molar-refractivity contribution is 0.111. The maximum atomic E-state index is 11.0. The van der Waals surface area contributed by atoms with Crippen molar-refractivity contribution in [2.45, 2.75) is 0 Å². The quantitative estimate of drug-likeness (QED) is 0.390.